The van der Waals surface area contributed by atoms with Crippen LogP contribution < -0.4 is 10.6 Å². The van der Waals surface area contributed by atoms with Gasteiger partial charge in [-0.2, -0.15) is 0 Å². The first-order valence-corrected chi connectivity index (χ1v) is 9.39. The van der Waals surface area contributed by atoms with Crippen LogP contribution in [-0.4, -0.2) is 17.9 Å². The SMILES string of the molecule is CC(C)NC(=O)C1CCC(C(=O)Nc2ccccc2C(C)(C)C)CC1. The summed E-state index contributed by atoms with van der Waals surface area (Å²) in [6.07, 6.45) is 3.13. The van der Waals surface area contributed by atoms with Gasteiger partial charge in [0.25, 0.3) is 0 Å². The summed E-state index contributed by atoms with van der Waals surface area (Å²) in [4.78, 5) is 24.8. The van der Waals surface area contributed by atoms with Crippen molar-refractivity contribution in [2.24, 2.45) is 11.8 Å². The van der Waals surface area contributed by atoms with Gasteiger partial charge < -0.3 is 10.6 Å². The number of hydrogen-bond donors (Lipinski definition) is 2. The lowest BCUT2D eigenvalue weighted by Crippen LogP contribution is -2.38. The Balaban J connectivity index is 1.95. The van der Waals surface area contributed by atoms with Gasteiger partial charge in [-0.3, -0.25) is 9.59 Å². The Morgan fingerprint density at radius 1 is 0.960 bits per heavy atom. The molecule has 0 aromatic heterocycles. The van der Waals surface area contributed by atoms with E-state index in [-0.39, 0.29) is 35.1 Å². The molecular weight excluding hydrogens is 312 g/mol. The summed E-state index contributed by atoms with van der Waals surface area (Å²) < 4.78 is 0. The van der Waals surface area contributed by atoms with E-state index in [0.29, 0.717) is 0 Å². The third-order valence-corrected chi connectivity index (χ3v) is 4.89. The molecule has 0 saturated heterocycles. The van der Waals surface area contributed by atoms with Crippen LogP contribution in [0.15, 0.2) is 24.3 Å². The average Bonchev–Trinajstić information content (AvgIpc) is 2.54. The van der Waals surface area contributed by atoms with Crippen LogP contribution in [0.2, 0.25) is 0 Å². The van der Waals surface area contributed by atoms with E-state index in [2.05, 4.69) is 37.5 Å². The van der Waals surface area contributed by atoms with Gasteiger partial charge in [-0.05, 0) is 56.6 Å². The average molecular weight is 344 g/mol. The van der Waals surface area contributed by atoms with Gasteiger partial charge in [0, 0.05) is 23.6 Å². The molecular formula is C21H32N2O2. The minimum absolute atomic E-state index is 0.00359. The second kappa shape index (κ2) is 8.03. The van der Waals surface area contributed by atoms with Crippen LogP contribution in [0.25, 0.3) is 0 Å². The molecule has 1 saturated carbocycles. The number of hydrogen-bond acceptors (Lipinski definition) is 2. The number of para-hydroxylation sites is 1. The minimum atomic E-state index is -0.0174. The molecule has 1 aromatic carbocycles. The number of nitrogens with one attached hydrogen (secondary N) is 2. The molecule has 138 valence electrons. The fourth-order valence-corrected chi connectivity index (χ4v) is 3.50. The maximum Gasteiger partial charge on any atom is 0.227 e. The van der Waals surface area contributed by atoms with Crippen molar-refractivity contribution < 1.29 is 9.59 Å². The predicted octanol–water partition coefficient (Wildman–Crippen LogP) is 4.25. The van der Waals surface area contributed by atoms with E-state index in [9.17, 15) is 9.59 Å². The number of amides is 2. The lowest BCUT2D eigenvalue weighted by Gasteiger charge is -2.29. The number of carbonyl (C=O) groups is 2. The van der Waals surface area contributed by atoms with Crippen molar-refractivity contribution in [1.29, 1.82) is 0 Å². The molecule has 0 atom stereocenters. The summed E-state index contributed by atoms with van der Waals surface area (Å²) in [5, 5.41) is 6.10. The summed E-state index contributed by atoms with van der Waals surface area (Å²) in [5.41, 5.74) is 2.03. The lowest BCUT2D eigenvalue weighted by molar-refractivity contribution is -0.128. The van der Waals surface area contributed by atoms with E-state index in [1.807, 2.05) is 32.0 Å². The smallest absolute Gasteiger partial charge is 0.227 e. The molecule has 0 heterocycles. The van der Waals surface area contributed by atoms with E-state index < -0.39 is 0 Å². The van der Waals surface area contributed by atoms with Crippen LogP contribution in [-0.2, 0) is 15.0 Å². The number of benzene rings is 1. The number of anilines is 1. The second-order valence-electron chi connectivity index (χ2n) is 8.50. The van der Waals surface area contributed by atoms with Crippen molar-refractivity contribution in [3.63, 3.8) is 0 Å². The van der Waals surface area contributed by atoms with Crippen LogP contribution in [0.3, 0.4) is 0 Å². The fourth-order valence-electron chi connectivity index (χ4n) is 3.50. The molecule has 0 radical (unpaired) electrons. The van der Waals surface area contributed by atoms with Crippen molar-refractivity contribution in [2.45, 2.75) is 71.8 Å². The first-order chi connectivity index (χ1) is 11.7. The van der Waals surface area contributed by atoms with E-state index in [1.165, 1.54) is 0 Å². The first kappa shape index (κ1) is 19.5. The highest BCUT2D eigenvalue weighted by atomic mass is 16.2. The number of rotatable bonds is 4. The molecule has 0 aliphatic heterocycles. The van der Waals surface area contributed by atoms with Gasteiger partial charge in [0.2, 0.25) is 11.8 Å². The summed E-state index contributed by atoms with van der Waals surface area (Å²) >= 11 is 0. The van der Waals surface area contributed by atoms with E-state index >= 15 is 0 Å². The Morgan fingerprint density at radius 3 is 2.00 bits per heavy atom. The molecule has 25 heavy (non-hydrogen) atoms. The molecule has 2 N–H and O–H groups in total. The largest absolute Gasteiger partial charge is 0.354 e. The van der Waals surface area contributed by atoms with Gasteiger partial charge in [-0.25, -0.2) is 0 Å². The van der Waals surface area contributed by atoms with Gasteiger partial charge in [-0.1, -0.05) is 39.0 Å². The van der Waals surface area contributed by atoms with Crippen LogP contribution >= 0.6 is 0 Å². The van der Waals surface area contributed by atoms with Crippen LogP contribution in [0.1, 0.15) is 65.9 Å². The summed E-state index contributed by atoms with van der Waals surface area (Å²) in [6.45, 7) is 10.4. The second-order valence-corrected chi connectivity index (χ2v) is 8.50. The van der Waals surface area contributed by atoms with Crippen LogP contribution in [0.5, 0.6) is 0 Å². The van der Waals surface area contributed by atoms with Gasteiger partial charge in [0.05, 0.1) is 0 Å². The molecule has 2 amide bonds. The van der Waals surface area contributed by atoms with Gasteiger partial charge in [0.15, 0.2) is 0 Å². The quantitative estimate of drug-likeness (QED) is 0.857. The zero-order valence-electron chi connectivity index (χ0n) is 16.2. The molecule has 1 aliphatic carbocycles. The highest BCUT2D eigenvalue weighted by Crippen LogP contribution is 2.32. The lowest BCUT2D eigenvalue weighted by atomic mass is 9.80. The molecule has 1 aliphatic rings. The highest BCUT2D eigenvalue weighted by molar-refractivity contribution is 5.93. The number of carbonyl (C=O) groups excluding carboxylic acids is 2. The Labute approximate surface area is 151 Å². The Hall–Kier alpha value is -1.84. The molecule has 2 rings (SSSR count). The van der Waals surface area contributed by atoms with Crippen molar-refractivity contribution in [2.75, 3.05) is 5.32 Å². The molecule has 1 aromatic rings. The molecule has 4 heteroatoms. The first-order valence-electron chi connectivity index (χ1n) is 9.39. The topological polar surface area (TPSA) is 58.2 Å². The standard InChI is InChI=1S/C21H32N2O2/c1-14(2)22-19(24)15-10-12-16(13-11-15)20(25)23-18-9-7-6-8-17(18)21(3,4)5/h6-9,14-16H,10-13H2,1-5H3,(H,22,24)(H,23,25). The zero-order valence-corrected chi connectivity index (χ0v) is 16.2. The van der Waals surface area contributed by atoms with Crippen LogP contribution in [0.4, 0.5) is 5.69 Å². The molecule has 0 unspecified atom stereocenters. The van der Waals surface area contributed by atoms with Crippen molar-refractivity contribution in [1.82, 2.24) is 5.32 Å². The fraction of sp³-hybridized carbons (Fsp3) is 0.619. The predicted molar refractivity (Wildman–Crippen MR) is 102 cm³/mol. The highest BCUT2D eigenvalue weighted by Gasteiger charge is 2.30. The van der Waals surface area contributed by atoms with Crippen molar-refractivity contribution in [3.05, 3.63) is 29.8 Å². The summed E-state index contributed by atoms with van der Waals surface area (Å²) in [6, 6.07) is 8.18. The Morgan fingerprint density at radius 2 is 1.48 bits per heavy atom. The van der Waals surface area contributed by atoms with Crippen molar-refractivity contribution >= 4 is 17.5 Å². The van der Waals surface area contributed by atoms with E-state index in [4.69, 9.17) is 0 Å². The molecule has 0 spiro atoms. The van der Waals surface area contributed by atoms with Crippen LogP contribution in [0, 0.1) is 11.8 Å². The minimum Gasteiger partial charge on any atom is -0.354 e. The maximum absolute atomic E-state index is 12.7. The van der Waals surface area contributed by atoms with Gasteiger partial charge in [0.1, 0.15) is 0 Å². The molecule has 1 fully saturated rings. The molecule has 4 nitrogen and oxygen atoms in total. The van der Waals surface area contributed by atoms with E-state index in [0.717, 1.165) is 36.9 Å². The third kappa shape index (κ3) is 5.32. The van der Waals surface area contributed by atoms with Crippen molar-refractivity contribution in [3.8, 4) is 0 Å². The van der Waals surface area contributed by atoms with E-state index in [1.54, 1.807) is 0 Å². The zero-order chi connectivity index (χ0) is 18.6. The van der Waals surface area contributed by atoms with Gasteiger partial charge >= 0.3 is 0 Å². The monoisotopic (exact) mass is 344 g/mol. The molecule has 0 bridgehead atoms. The van der Waals surface area contributed by atoms with Gasteiger partial charge in [-0.15, -0.1) is 0 Å². The normalized spacial score (nSPS) is 21.0. The summed E-state index contributed by atoms with van der Waals surface area (Å²) in [5.74, 6) is 0.260. The Bertz CT molecular complexity index is 609. The maximum atomic E-state index is 12.7. The third-order valence-electron chi connectivity index (χ3n) is 4.89. The summed E-state index contributed by atoms with van der Waals surface area (Å²) in [7, 11) is 0. The Kier molecular flexibility index (Phi) is 6.26.